The van der Waals surface area contributed by atoms with Gasteiger partial charge in [0.1, 0.15) is 5.69 Å². The molecule has 1 unspecified atom stereocenters. The summed E-state index contributed by atoms with van der Waals surface area (Å²) in [5.41, 5.74) is 4.40. The van der Waals surface area contributed by atoms with Crippen molar-refractivity contribution in [3.8, 4) is 0 Å². The van der Waals surface area contributed by atoms with Gasteiger partial charge in [0.2, 0.25) is 0 Å². The molecule has 3 rings (SSSR count). The fourth-order valence-corrected chi connectivity index (χ4v) is 2.71. The standard InChI is InChI=1S/C22H24N4O/c1-16(17-7-5-4-6-8-17)24-22(27)21-14-11-19(15-23-21)25-18-9-12-20(13-10-18)26(2)3/h4-16,25H,1-3H3,(H,24,27). The van der Waals surface area contributed by atoms with Crippen molar-refractivity contribution in [3.05, 3.63) is 84.2 Å². The lowest BCUT2D eigenvalue weighted by molar-refractivity contribution is 0.0935. The Morgan fingerprint density at radius 1 is 0.926 bits per heavy atom. The minimum atomic E-state index is -0.187. The van der Waals surface area contributed by atoms with Crippen molar-refractivity contribution in [1.82, 2.24) is 10.3 Å². The molecular formula is C22H24N4O. The van der Waals surface area contributed by atoms with Crippen LogP contribution in [0.3, 0.4) is 0 Å². The molecule has 0 bridgehead atoms. The summed E-state index contributed by atoms with van der Waals surface area (Å²) in [5.74, 6) is -0.187. The average Bonchev–Trinajstić information content (AvgIpc) is 2.69. The molecule has 0 aliphatic rings. The maximum Gasteiger partial charge on any atom is 0.270 e. The number of rotatable bonds is 6. The second-order valence-electron chi connectivity index (χ2n) is 6.60. The molecule has 2 N–H and O–H groups in total. The van der Waals surface area contributed by atoms with Crippen molar-refractivity contribution in [2.45, 2.75) is 13.0 Å². The van der Waals surface area contributed by atoms with E-state index in [0.29, 0.717) is 5.69 Å². The van der Waals surface area contributed by atoms with E-state index < -0.39 is 0 Å². The minimum Gasteiger partial charge on any atom is -0.378 e. The Balaban J connectivity index is 1.61. The number of carbonyl (C=O) groups is 1. The van der Waals surface area contributed by atoms with Gasteiger partial charge in [-0.05, 0) is 48.9 Å². The summed E-state index contributed by atoms with van der Waals surface area (Å²) in [6.07, 6.45) is 1.67. The number of benzene rings is 2. The molecule has 0 radical (unpaired) electrons. The number of anilines is 3. The Hall–Kier alpha value is -3.34. The van der Waals surface area contributed by atoms with Crippen LogP contribution in [0.2, 0.25) is 0 Å². The SMILES string of the molecule is CC(NC(=O)c1ccc(Nc2ccc(N(C)C)cc2)cn1)c1ccccc1. The first kappa shape index (κ1) is 18.5. The second kappa shape index (κ2) is 8.36. The minimum absolute atomic E-state index is 0.0755. The fourth-order valence-electron chi connectivity index (χ4n) is 2.71. The van der Waals surface area contributed by atoms with E-state index in [-0.39, 0.29) is 11.9 Å². The van der Waals surface area contributed by atoms with E-state index >= 15 is 0 Å². The molecule has 3 aromatic rings. The Kier molecular flexibility index (Phi) is 5.71. The molecule has 5 heteroatoms. The van der Waals surface area contributed by atoms with Crippen LogP contribution < -0.4 is 15.5 Å². The third-order valence-electron chi connectivity index (χ3n) is 4.32. The molecule has 27 heavy (non-hydrogen) atoms. The largest absolute Gasteiger partial charge is 0.378 e. The van der Waals surface area contributed by atoms with Crippen molar-refractivity contribution in [2.75, 3.05) is 24.3 Å². The average molecular weight is 360 g/mol. The van der Waals surface area contributed by atoms with E-state index in [1.54, 1.807) is 12.3 Å². The van der Waals surface area contributed by atoms with Crippen molar-refractivity contribution in [3.63, 3.8) is 0 Å². The summed E-state index contributed by atoms with van der Waals surface area (Å²) in [6, 6.07) is 21.5. The number of hydrogen-bond acceptors (Lipinski definition) is 4. The van der Waals surface area contributed by atoms with E-state index in [0.717, 1.165) is 22.6 Å². The Morgan fingerprint density at radius 2 is 1.59 bits per heavy atom. The first-order valence-electron chi connectivity index (χ1n) is 8.89. The van der Waals surface area contributed by atoms with Gasteiger partial charge in [-0.1, -0.05) is 30.3 Å². The predicted molar refractivity (Wildman–Crippen MR) is 111 cm³/mol. The van der Waals surface area contributed by atoms with Crippen molar-refractivity contribution >= 4 is 23.0 Å². The summed E-state index contributed by atoms with van der Waals surface area (Å²) in [6.45, 7) is 1.96. The van der Waals surface area contributed by atoms with E-state index in [1.807, 2.05) is 81.7 Å². The summed E-state index contributed by atoms with van der Waals surface area (Å²) in [7, 11) is 4.02. The van der Waals surface area contributed by atoms with E-state index in [2.05, 4.69) is 20.5 Å². The van der Waals surface area contributed by atoms with E-state index in [1.165, 1.54) is 0 Å². The van der Waals surface area contributed by atoms with Crippen LogP contribution in [-0.2, 0) is 0 Å². The van der Waals surface area contributed by atoms with Crippen LogP contribution in [0.5, 0.6) is 0 Å². The van der Waals surface area contributed by atoms with Gasteiger partial charge in [-0.15, -0.1) is 0 Å². The quantitative estimate of drug-likeness (QED) is 0.685. The number of pyridine rings is 1. The number of carbonyl (C=O) groups excluding carboxylic acids is 1. The van der Waals surface area contributed by atoms with Gasteiger partial charge in [0.05, 0.1) is 17.9 Å². The monoisotopic (exact) mass is 360 g/mol. The van der Waals surface area contributed by atoms with Gasteiger partial charge < -0.3 is 15.5 Å². The van der Waals surface area contributed by atoms with Gasteiger partial charge in [0.15, 0.2) is 0 Å². The summed E-state index contributed by atoms with van der Waals surface area (Å²) < 4.78 is 0. The summed E-state index contributed by atoms with van der Waals surface area (Å²) in [5, 5.41) is 6.26. The lowest BCUT2D eigenvalue weighted by atomic mass is 10.1. The fraction of sp³-hybridized carbons (Fsp3) is 0.182. The third kappa shape index (κ3) is 4.85. The van der Waals surface area contributed by atoms with E-state index in [9.17, 15) is 4.79 Å². The zero-order chi connectivity index (χ0) is 19.2. The number of aromatic nitrogens is 1. The highest BCUT2D eigenvalue weighted by molar-refractivity contribution is 5.92. The van der Waals surface area contributed by atoms with Crippen molar-refractivity contribution < 1.29 is 4.79 Å². The summed E-state index contributed by atoms with van der Waals surface area (Å²) >= 11 is 0. The molecule has 1 aromatic heterocycles. The number of amides is 1. The highest BCUT2D eigenvalue weighted by Gasteiger charge is 2.12. The van der Waals surface area contributed by atoms with E-state index in [4.69, 9.17) is 0 Å². The van der Waals surface area contributed by atoms with Crippen molar-refractivity contribution in [1.29, 1.82) is 0 Å². The molecule has 0 fully saturated rings. The Bertz CT molecular complexity index is 874. The first-order chi connectivity index (χ1) is 13.0. The van der Waals surface area contributed by atoms with Gasteiger partial charge in [-0.3, -0.25) is 4.79 Å². The zero-order valence-corrected chi connectivity index (χ0v) is 15.8. The number of nitrogens with zero attached hydrogens (tertiary/aromatic N) is 2. The lowest BCUT2D eigenvalue weighted by Crippen LogP contribution is -2.27. The van der Waals surface area contributed by atoms with Gasteiger partial charge >= 0.3 is 0 Å². The maximum absolute atomic E-state index is 12.4. The van der Waals surface area contributed by atoms with Crippen LogP contribution >= 0.6 is 0 Å². The van der Waals surface area contributed by atoms with Gasteiger partial charge in [-0.25, -0.2) is 4.98 Å². The van der Waals surface area contributed by atoms with Crippen LogP contribution in [0.25, 0.3) is 0 Å². The molecule has 5 nitrogen and oxygen atoms in total. The smallest absolute Gasteiger partial charge is 0.270 e. The van der Waals surface area contributed by atoms with Gasteiger partial charge in [0.25, 0.3) is 5.91 Å². The van der Waals surface area contributed by atoms with Crippen LogP contribution in [-0.4, -0.2) is 25.0 Å². The highest BCUT2D eigenvalue weighted by Crippen LogP contribution is 2.20. The molecule has 1 heterocycles. The van der Waals surface area contributed by atoms with Crippen LogP contribution in [0.1, 0.15) is 29.0 Å². The highest BCUT2D eigenvalue weighted by atomic mass is 16.1. The normalized spacial score (nSPS) is 11.5. The number of nitrogens with one attached hydrogen (secondary N) is 2. The van der Waals surface area contributed by atoms with Crippen LogP contribution in [0.4, 0.5) is 17.1 Å². The molecule has 0 saturated carbocycles. The van der Waals surface area contributed by atoms with Crippen LogP contribution in [0, 0.1) is 0 Å². The molecule has 0 spiro atoms. The molecule has 0 aliphatic carbocycles. The second-order valence-corrected chi connectivity index (χ2v) is 6.60. The van der Waals surface area contributed by atoms with Crippen molar-refractivity contribution in [2.24, 2.45) is 0 Å². The Morgan fingerprint density at radius 3 is 2.19 bits per heavy atom. The van der Waals surface area contributed by atoms with Crippen LogP contribution in [0.15, 0.2) is 72.9 Å². The topological polar surface area (TPSA) is 57.3 Å². The number of hydrogen-bond donors (Lipinski definition) is 2. The third-order valence-corrected chi connectivity index (χ3v) is 4.32. The molecular weight excluding hydrogens is 336 g/mol. The lowest BCUT2D eigenvalue weighted by Gasteiger charge is -2.14. The van der Waals surface area contributed by atoms with Gasteiger partial charge in [-0.2, -0.15) is 0 Å². The van der Waals surface area contributed by atoms with Gasteiger partial charge in [0, 0.05) is 25.5 Å². The maximum atomic E-state index is 12.4. The first-order valence-corrected chi connectivity index (χ1v) is 8.89. The molecule has 0 saturated heterocycles. The zero-order valence-electron chi connectivity index (χ0n) is 15.8. The Labute approximate surface area is 160 Å². The molecule has 1 atom stereocenters. The molecule has 0 aliphatic heterocycles. The summed E-state index contributed by atoms with van der Waals surface area (Å²) in [4.78, 5) is 18.7. The molecule has 1 amide bonds. The molecule has 2 aromatic carbocycles. The predicted octanol–water partition coefficient (Wildman–Crippen LogP) is 4.38. The molecule has 138 valence electrons.